The van der Waals surface area contributed by atoms with Gasteiger partial charge < -0.3 is 5.73 Å². The summed E-state index contributed by atoms with van der Waals surface area (Å²) in [5.74, 6) is 0. The zero-order chi connectivity index (χ0) is 13.3. The number of aliphatic imine (C=N–C) groups is 1. The third kappa shape index (κ3) is 3.65. The molecule has 0 aliphatic carbocycles. The monoisotopic (exact) mass is 256 g/mol. The topological polar surface area (TPSA) is 38.4 Å². The maximum Gasteiger partial charge on any atom is 0.438 e. The molecule has 1 rings (SSSR count). The van der Waals surface area contributed by atoms with Crippen LogP contribution in [0.4, 0.5) is 37.7 Å². The van der Waals surface area contributed by atoms with Crippen LogP contribution in [0.5, 0.6) is 0 Å². The number of benzene rings is 1. The van der Waals surface area contributed by atoms with Crippen molar-refractivity contribution in [3.8, 4) is 0 Å². The zero-order valence-electron chi connectivity index (χ0n) is 8.10. The highest BCUT2D eigenvalue weighted by atomic mass is 19.4. The van der Waals surface area contributed by atoms with E-state index in [1.807, 2.05) is 0 Å². The Labute approximate surface area is 91.8 Å². The van der Waals surface area contributed by atoms with Crippen molar-refractivity contribution < 1.29 is 26.3 Å². The first-order valence-corrected chi connectivity index (χ1v) is 4.19. The van der Waals surface area contributed by atoms with Crippen molar-refractivity contribution in [1.82, 2.24) is 0 Å². The lowest BCUT2D eigenvalue weighted by Gasteiger charge is -2.13. The lowest BCUT2D eigenvalue weighted by atomic mass is 10.2. The first kappa shape index (κ1) is 13.3. The quantitative estimate of drug-likeness (QED) is 0.466. The normalized spacial score (nSPS) is 12.4. The SMILES string of the molecule is Nc1ccc(N=C(C(F)(F)F)C(F)(F)F)cc1. The number of nitrogens with two attached hydrogens (primary N) is 1. The van der Waals surface area contributed by atoms with E-state index in [9.17, 15) is 26.3 Å². The van der Waals surface area contributed by atoms with E-state index in [4.69, 9.17) is 5.73 Å². The van der Waals surface area contributed by atoms with Crippen LogP contribution in [-0.4, -0.2) is 18.1 Å². The molecular weight excluding hydrogens is 250 g/mol. The van der Waals surface area contributed by atoms with Gasteiger partial charge in [0.05, 0.1) is 5.69 Å². The summed E-state index contributed by atoms with van der Waals surface area (Å²) in [4.78, 5) is 2.55. The molecule has 94 valence electrons. The second kappa shape index (κ2) is 4.27. The van der Waals surface area contributed by atoms with E-state index in [2.05, 4.69) is 4.99 Å². The van der Waals surface area contributed by atoms with E-state index in [0.717, 1.165) is 24.3 Å². The largest absolute Gasteiger partial charge is 0.438 e. The molecule has 0 aromatic heterocycles. The Morgan fingerprint density at radius 2 is 1.29 bits per heavy atom. The van der Waals surface area contributed by atoms with E-state index in [0.29, 0.717) is 0 Å². The van der Waals surface area contributed by atoms with Gasteiger partial charge in [-0.2, -0.15) is 26.3 Å². The molecule has 0 bridgehead atoms. The number of anilines is 1. The number of halogens is 6. The molecule has 0 spiro atoms. The molecular formula is C9H6F6N2. The summed E-state index contributed by atoms with van der Waals surface area (Å²) >= 11 is 0. The molecule has 0 saturated heterocycles. The molecule has 1 aromatic carbocycles. The van der Waals surface area contributed by atoms with Gasteiger partial charge in [-0.15, -0.1) is 0 Å². The third-order valence-corrected chi connectivity index (χ3v) is 1.67. The molecule has 0 unspecified atom stereocenters. The molecule has 0 radical (unpaired) electrons. The highest BCUT2D eigenvalue weighted by molar-refractivity contribution is 5.96. The number of hydrogen-bond acceptors (Lipinski definition) is 2. The fourth-order valence-electron chi connectivity index (χ4n) is 0.965. The predicted molar refractivity (Wildman–Crippen MR) is 50.1 cm³/mol. The van der Waals surface area contributed by atoms with Crippen LogP contribution in [-0.2, 0) is 0 Å². The van der Waals surface area contributed by atoms with Gasteiger partial charge in [0, 0.05) is 5.69 Å². The molecule has 0 amide bonds. The number of rotatable bonds is 1. The Hall–Kier alpha value is -1.73. The van der Waals surface area contributed by atoms with Crippen LogP contribution in [0.2, 0.25) is 0 Å². The molecule has 0 fully saturated rings. The lowest BCUT2D eigenvalue weighted by molar-refractivity contribution is -0.117. The van der Waals surface area contributed by atoms with Gasteiger partial charge in [-0.25, -0.2) is 4.99 Å². The summed E-state index contributed by atoms with van der Waals surface area (Å²) in [5, 5.41) is 0. The van der Waals surface area contributed by atoms with E-state index in [1.54, 1.807) is 0 Å². The van der Waals surface area contributed by atoms with Crippen molar-refractivity contribution in [1.29, 1.82) is 0 Å². The van der Waals surface area contributed by atoms with E-state index in [1.165, 1.54) is 0 Å². The summed E-state index contributed by atoms with van der Waals surface area (Å²) in [6, 6.07) is 4.24. The van der Waals surface area contributed by atoms with Crippen molar-refractivity contribution in [2.24, 2.45) is 4.99 Å². The van der Waals surface area contributed by atoms with Crippen molar-refractivity contribution >= 4 is 17.1 Å². The Bertz CT molecular complexity index is 399. The molecule has 0 atom stereocenters. The number of hydrogen-bond donors (Lipinski definition) is 1. The van der Waals surface area contributed by atoms with Gasteiger partial charge >= 0.3 is 12.4 Å². The second-order valence-corrected chi connectivity index (χ2v) is 3.05. The molecule has 8 heteroatoms. The first-order chi connectivity index (χ1) is 7.60. The number of nitrogens with zero attached hydrogens (tertiary/aromatic N) is 1. The third-order valence-electron chi connectivity index (χ3n) is 1.67. The summed E-state index contributed by atoms with van der Waals surface area (Å²) < 4.78 is 72.6. The highest BCUT2D eigenvalue weighted by Gasteiger charge is 2.53. The van der Waals surface area contributed by atoms with E-state index < -0.39 is 23.8 Å². The smallest absolute Gasteiger partial charge is 0.399 e. The number of nitrogen functional groups attached to an aromatic ring is 1. The summed E-state index contributed by atoms with van der Waals surface area (Å²) in [7, 11) is 0. The van der Waals surface area contributed by atoms with Crippen molar-refractivity contribution in [3.05, 3.63) is 24.3 Å². The van der Waals surface area contributed by atoms with Crippen LogP contribution < -0.4 is 5.73 Å². The Kier molecular flexibility index (Phi) is 3.35. The van der Waals surface area contributed by atoms with Crippen molar-refractivity contribution in [3.63, 3.8) is 0 Å². The molecule has 2 N–H and O–H groups in total. The second-order valence-electron chi connectivity index (χ2n) is 3.05. The van der Waals surface area contributed by atoms with Crippen LogP contribution in [0.3, 0.4) is 0 Å². The Morgan fingerprint density at radius 3 is 1.65 bits per heavy atom. The van der Waals surface area contributed by atoms with E-state index >= 15 is 0 Å². The van der Waals surface area contributed by atoms with E-state index in [-0.39, 0.29) is 5.69 Å². The van der Waals surface area contributed by atoms with Gasteiger partial charge in [0.25, 0.3) is 0 Å². The summed E-state index contributed by atoms with van der Waals surface area (Å²) in [5.41, 5.74) is 2.18. The van der Waals surface area contributed by atoms with Crippen molar-refractivity contribution in [2.45, 2.75) is 12.4 Å². The molecule has 0 saturated carbocycles. The van der Waals surface area contributed by atoms with Gasteiger partial charge in [0.2, 0.25) is 5.71 Å². The minimum absolute atomic E-state index is 0.213. The maximum atomic E-state index is 12.1. The van der Waals surface area contributed by atoms with Crippen LogP contribution in [0, 0.1) is 0 Å². The van der Waals surface area contributed by atoms with Crippen LogP contribution in [0.15, 0.2) is 29.3 Å². The number of alkyl halides is 6. The van der Waals surface area contributed by atoms with Crippen LogP contribution in [0.1, 0.15) is 0 Å². The summed E-state index contributed by atoms with van der Waals surface area (Å²) in [6.07, 6.45) is -11.1. The standard InChI is InChI=1S/C9H6F6N2/c10-8(11,12)7(9(13,14)15)17-6-3-1-5(16)2-4-6/h1-4H,16H2. The average Bonchev–Trinajstić information content (AvgIpc) is 2.13. The lowest BCUT2D eigenvalue weighted by Crippen LogP contribution is -2.36. The summed E-state index contributed by atoms with van der Waals surface area (Å²) in [6.45, 7) is 0. The van der Waals surface area contributed by atoms with Crippen LogP contribution in [0.25, 0.3) is 0 Å². The fourth-order valence-corrected chi connectivity index (χ4v) is 0.965. The Balaban J connectivity index is 3.20. The molecule has 0 aliphatic rings. The van der Waals surface area contributed by atoms with Crippen molar-refractivity contribution in [2.75, 3.05) is 5.73 Å². The minimum Gasteiger partial charge on any atom is -0.399 e. The van der Waals surface area contributed by atoms with Gasteiger partial charge in [-0.1, -0.05) is 0 Å². The molecule has 1 aromatic rings. The molecule has 17 heavy (non-hydrogen) atoms. The highest BCUT2D eigenvalue weighted by Crippen LogP contribution is 2.32. The van der Waals surface area contributed by atoms with Gasteiger partial charge in [-0.05, 0) is 24.3 Å². The minimum atomic E-state index is -5.56. The molecule has 0 aliphatic heterocycles. The average molecular weight is 256 g/mol. The molecule has 0 heterocycles. The Morgan fingerprint density at radius 1 is 0.882 bits per heavy atom. The maximum absolute atomic E-state index is 12.1. The van der Waals surface area contributed by atoms with Gasteiger partial charge in [-0.3, -0.25) is 0 Å². The first-order valence-electron chi connectivity index (χ1n) is 4.19. The van der Waals surface area contributed by atoms with Gasteiger partial charge in [0.15, 0.2) is 0 Å². The predicted octanol–water partition coefficient (Wildman–Crippen LogP) is 3.47. The zero-order valence-corrected chi connectivity index (χ0v) is 8.10. The fraction of sp³-hybridized carbons (Fsp3) is 0.222. The van der Waals surface area contributed by atoms with Crippen LogP contribution >= 0.6 is 0 Å². The van der Waals surface area contributed by atoms with Gasteiger partial charge in [0.1, 0.15) is 0 Å². The molecule has 2 nitrogen and oxygen atoms in total.